The second-order valence-electron chi connectivity index (χ2n) is 5.42. The monoisotopic (exact) mass is 378 g/mol. The van der Waals surface area contributed by atoms with Crippen molar-refractivity contribution >= 4 is 27.5 Å². The lowest BCUT2D eigenvalue weighted by atomic mass is 10.1. The Labute approximate surface area is 152 Å². The van der Waals surface area contributed by atoms with Gasteiger partial charge in [-0.15, -0.1) is 6.58 Å². The number of nitrogens with one attached hydrogen (secondary N) is 2. The Hall–Kier alpha value is -2.15. The van der Waals surface area contributed by atoms with Crippen LogP contribution < -0.4 is 10.0 Å². The molecule has 1 unspecified atom stereocenters. The van der Waals surface area contributed by atoms with E-state index >= 15 is 0 Å². The maximum Gasteiger partial charge on any atom is 0.251 e. The summed E-state index contributed by atoms with van der Waals surface area (Å²) in [6, 6.07) is 12.7. The molecule has 1 atom stereocenters. The van der Waals surface area contributed by atoms with E-state index in [1.54, 1.807) is 12.1 Å². The maximum atomic E-state index is 12.3. The summed E-state index contributed by atoms with van der Waals surface area (Å²) in [6.07, 6.45) is 1.45. The summed E-state index contributed by atoms with van der Waals surface area (Å²) in [5.41, 5.74) is 1.25. The number of rotatable bonds is 7. The topological polar surface area (TPSA) is 75.3 Å². The summed E-state index contributed by atoms with van der Waals surface area (Å²) < 4.78 is 26.4. The van der Waals surface area contributed by atoms with Crippen LogP contribution in [0.25, 0.3) is 0 Å². The highest BCUT2D eigenvalue weighted by molar-refractivity contribution is 7.89. The minimum atomic E-state index is -3.60. The molecule has 0 fully saturated rings. The average molecular weight is 379 g/mol. The Balaban J connectivity index is 2.09. The van der Waals surface area contributed by atoms with E-state index in [0.717, 1.165) is 5.56 Å². The lowest BCUT2D eigenvalue weighted by Gasteiger charge is -2.15. The molecule has 7 heteroatoms. The molecule has 2 rings (SSSR count). The van der Waals surface area contributed by atoms with E-state index in [4.69, 9.17) is 11.6 Å². The van der Waals surface area contributed by atoms with Gasteiger partial charge in [-0.05, 0) is 48.9 Å². The molecule has 5 nitrogen and oxygen atoms in total. The first-order valence-electron chi connectivity index (χ1n) is 7.60. The van der Waals surface area contributed by atoms with Crippen molar-refractivity contribution in [3.63, 3.8) is 0 Å². The summed E-state index contributed by atoms with van der Waals surface area (Å²) in [5, 5.41) is 3.45. The molecule has 2 aromatic carbocycles. The Morgan fingerprint density at radius 3 is 2.52 bits per heavy atom. The predicted octanol–water partition coefficient (Wildman–Crippen LogP) is 3.30. The van der Waals surface area contributed by atoms with Crippen LogP contribution in [0.2, 0.25) is 5.02 Å². The van der Waals surface area contributed by atoms with E-state index < -0.39 is 10.0 Å². The zero-order valence-corrected chi connectivity index (χ0v) is 15.3. The van der Waals surface area contributed by atoms with Crippen LogP contribution >= 0.6 is 11.6 Å². The number of carbonyl (C=O) groups is 1. The number of amides is 1. The smallest absolute Gasteiger partial charge is 0.251 e. The third-order valence-electron chi connectivity index (χ3n) is 3.54. The van der Waals surface area contributed by atoms with E-state index in [2.05, 4.69) is 16.6 Å². The van der Waals surface area contributed by atoms with E-state index in [9.17, 15) is 13.2 Å². The van der Waals surface area contributed by atoms with Crippen LogP contribution in [0, 0.1) is 0 Å². The zero-order valence-electron chi connectivity index (χ0n) is 13.7. The Bertz CT molecular complexity index is 864. The van der Waals surface area contributed by atoms with E-state index in [-0.39, 0.29) is 23.4 Å². The molecule has 0 radical (unpaired) electrons. The van der Waals surface area contributed by atoms with Crippen molar-refractivity contribution in [2.24, 2.45) is 0 Å². The molecule has 2 N–H and O–H groups in total. The lowest BCUT2D eigenvalue weighted by molar-refractivity contribution is 0.0940. The highest BCUT2D eigenvalue weighted by atomic mass is 35.5. The minimum absolute atomic E-state index is 0.0915. The Morgan fingerprint density at radius 1 is 1.24 bits per heavy atom. The van der Waals surface area contributed by atoms with Crippen LogP contribution in [0.15, 0.2) is 66.1 Å². The fourth-order valence-electron chi connectivity index (χ4n) is 2.18. The molecule has 1 amide bonds. The summed E-state index contributed by atoms with van der Waals surface area (Å²) in [7, 11) is -3.60. The first-order chi connectivity index (χ1) is 11.8. The van der Waals surface area contributed by atoms with Crippen LogP contribution in [0.3, 0.4) is 0 Å². The standard InChI is InChI=1S/C18H19ClN2O3S/c1-3-11-20-25(23,24)17-9-7-14(8-10-17)18(22)21-13(2)15-5-4-6-16(19)12-15/h3-10,12-13,20H,1,11H2,2H3,(H,21,22). The summed E-state index contributed by atoms with van der Waals surface area (Å²) >= 11 is 5.96. The lowest BCUT2D eigenvalue weighted by Crippen LogP contribution is -2.27. The molecule has 0 aromatic heterocycles. The maximum absolute atomic E-state index is 12.3. The van der Waals surface area contributed by atoms with Crippen molar-refractivity contribution in [2.75, 3.05) is 6.54 Å². The molecule has 0 heterocycles. The van der Waals surface area contributed by atoms with Crippen LogP contribution in [-0.4, -0.2) is 20.9 Å². The molecule has 0 saturated heterocycles. The number of sulfonamides is 1. The van der Waals surface area contributed by atoms with Gasteiger partial charge in [0.05, 0.1) is 10.9 Å². The summed E-state index contributed by atoms with van der Waals surface area (Å²) in [4.78, 5) is 12.4. The van der Waals surface area contributed by atoms with Gasteiger partial charge in [-0.1, -0.05) is 29.8 Å². The van der Waals surface area contributed by atoms with Gasteiger partial charge in [0, 0.05) is 17.1 Å². The average Bonchev–Trinajstić information content (AvgIpc) is 2.60. The molecular weight excluding hydrogens is 360 g/mol. The van der Waals surface area contributed by atoms with Crippen molar-refractivity contribution in [1.29, 1.82) is 0 Å². The molecule has 25 heavy (non-hydrogen) atoms. The molecule has 0 aliphatic carbocycles. The molecule has 0 saturated carbocycles. The number of benzene rings is 2. The van der Waals surface area contributed by atoms with Crippen molar-refractivity contribution in [3.8, 4) is 0 Å². The Morgan fingerprint density at radius 2 is 1.92 bits per heavy atom. The van der Waals surface area contributed by atoms with Crippen molar-refractivity contribution in [3.05, 3.63) is 77.3 Å². The highest BCUT2D eigenvalue weighted by Crippen LogP contribution is 2.18. The highest BCUT2D eigenvalue weighted by Gasteiger charge is 2.15. The van der Waals surface area contributed by atoms with Gasteiger partial charge in [0.25, 0.3) is 5.91 Å². The van der Waals surface area contributed by atoms with E-state index in [0.29, 0.717) is 10.6 Å². The van der Waals surface area contributed by atoms with Gasteiger partial charge in [0.1, 0.15) is 0 Å². The van der Waals surface area contributed by atoms with Crippen LogP contribution in [0.5, 0.6) is 0 Å². The zero-order chi connectivity index (χ0) is 18.4. The third-order valence-corrected chi connectivity index (χ3v) is 5.22. The second kappa shape index (κ2) is 8.29. The molecule has 132 valence electrons. The van der Waals surface area contributed by atoms with Crippen LogP contribution in [0.1, 0.15) is 28.9 Å². The normalized spacial score (nSPS) is 12.4. The third kappa shape index (κ3) is 5.16. The molecule has 0 aliphatic rings. The predicted molar refractivity (Wildman–Crippen MR) is 99.2 cm³/mol. The quantitative estimate of drug-likeness (QED) is 0.726. The van der Waals surface area contributed by atoms with Crippen molar-refractivity contribution in [1.82, 2.24) is 10.0 Å². The van der Waals surface area contributed by atoms with Gasteiger partial charge in [0.15, 0.2) is 0 Å². The Kier molecular flexibility index (Phi) is 6.36. The van der Waals surface area contributed by atoms with Gasteiger partial charge in [-0.25, -0.2) is 13.1 Å². The molecule has 2 aromatic rings. The molecule has 0 aliphatic heterocycles. The summed E-state index contributed by atoms with van der Waals surface area (Å²) in [6.45, 7) is 5.45. The van der Waals surface area contributed by atoms with E-state index in [1.807, 2.05) is 19.1 Å². The minimum Gasteiger partial charge on any atom is -0.346 e. The number of halogens is 1. The SMILES string of the molecule is C=CCNS(=O)(=O)c1ccc(C(=O)NC(C)c2cccc(Cl)c2)cc1. The first kappa shape index (κ1) is 19.2. The van der Waals surface area contributed by atoms with Crippen molar-refractivity contribution < 1.29 is 13.2 Å². The number of hydrogen-bond acceptors (Lipinski definition) is 3. The van der Waals surface area contributed by atoms with Gasteiger partial charge >= 0.3 is 0 Å². The van der Waals surface area contributed by atoms with Crippen LogP contribution in [0.4, 0.5) is 0 Å². The fraction of sp³-hybridized carbons (Fsp3) is 0.167. The first-order valence-corrected chi connectivity index (χ1v) is 9.46. The van der Waals surface area contributed by atoms with Gasteiger partial charge in [0.2, 0.25) is 10.0 Å². The number of hydrogen-bond donors (Lipinski definition) is 2. The second-order valence-corrected chi connectivity index (χ2v) is 7.62. The fourth-order valence-corrected chi connectivity index (χ4v) is 3.37. The number of carbonyl (C=O) groups excluding carboxylic acids is 1. The molecule has 0 spiro atoms. The molecular formula is C18H19ClN2O3S. The molecule has 0 bridgehead atoms. The van der Waals surface area contributed by atoms with Gasteiger partial charge < -0.3 is 5.32 Å². The van der Waals surface area contributed by atoms with Crippen molar-refractivity contribution in [2.45, 2.75) is 17.9 Å². The van der Waals surface area contributed by atoms with E-state index in [1.165, 1.54) is 30.3 Å². The van der Waals surface area contributed by atoms with Gasteiger partial charge in [-0.3, -0.25) is 4.79 Å². The summed E-state index contributed by atoms with van der Waals surface area (Å²) in [5.74, 6) is -0.296. The van der Waals surface area contributed by atoms with Crippen LogP contribution in [-0.2, 0) is 10.0 Å². The van der Waals surface area contributed by atoms with Gasteiger partial charge in [-0.2, -0.15) is 0 Å². The largest absolute Gasteiger partial charge is 0.346 e.